The molecule has 0 radical (unpaired) electrons. The molecule has 0 saturated carbocycles. The maximum absolute atomic E-state index is 10.7. The number of carbonyl (C=O) groups is 1. The second-order valence-electron chi connectivity index (χ2n) is 4.05. The number of hydrogen-bond donors (Lipinski definition) is 1. The van der Waals surface area contributed by atoms with Crippen LogP contribution in [0.2, 0.25) is 0 Å². The van der Waals surface area contributed by atoms with Gasteiger partial charge in [0, 0.05) is 10.5 Å². The fourth-order valence-corrected chi connectivity index (χ4v) is 1.80. The lowest BCUT2D eigenvalue weighted by Gasteiger charge is -2.22. The Morgan fingerprint density at radius 3 is 2.38 bits per heavy atom. The first kappa shape index (κ1) is 13.2. The van der Waals surface area contributed by atoms with Gasteiger partial charge in [0.1, 0.15) is 0 Å². The number of carboxylic acid groups (broad SMARTS) is 1. The molecule has 1 aromatic rings. The summed E-state index contributed by atoms with van der Waals surface area (Å²) in [7, 11) is 3.82. The number of aliphatic carboxylic acids is 1. The first-order chi connectivity index (χ1) is 7.49. The minimum atomic E-state index is -0.754. The normalized spacial score (nSPS) is 12.8. The lowest BCUT2D eigenvalue weighted by atomic mass is 10.0. The Morgan fingerprint density at radius 1 is 1.38 bits per heavy atom. The molecular formula is C12H16BrNO2. The second-order valence-corrected chi connectivity index (χ2v) is 4.96. The van der Waals surface area contributed by atoms with Crippen molar-refractivity contribution in [1.29, 1.82) is 0 Å². The van der Waals surface area contributed by atoms with Gasteiger partial charge in [0.25, 0.3) is 0 Å². The van der Waals surface area contributed by atoms with Crippen molar-refractivity contribution in [3.63, 3.8) is 0 Å². The molecule has 1 aromatic carbocycles. The van der Waals surface area contributed by atoms with E-state index in [4.69, 9.17) is 5.11 Å². The highest BCUT2D eigenvalue weighted by molar-refractivity contribution is 9.10. The van der Waals surface area contributed by atoms with E-state index in [1.54, 1.807) is 0 Å². The molecule has 1 N–H and O–H groups in total. The van der Waals surface area contributed by atoms with Crippen molar-refractivity contribution in [2.24, 2.45) is 0 Å². The van der Waals surface area contributed by atoms with Gasteiger partial charge in [0.15, 0.2) is 0 Å². The largest absolute Gasteiger partial charge is 0.481 e. The minimum absolute atomic E-state index is 0.0404. The Hall–Kier alpha value is -0.870. The summed E-state index contributed by atoms with van der Waals surface area (Å²) in [6.07, 6.45) is 0.926. The van der Waals surface area contributed by atoms with Crippen LogP contribution in [0, 0.1) is 0 Å². The molecule has 16 heavy (non-hydrogen) atoms. The summed E-state index contributed by atoms with van der Waals surface area (Å²) in [6.45, 7) is 0. The van der Waals surface area contributed by atoms with Crippen molar-refractivity contribution in [3.8, 4) is 0 Å². The third-order valence-electron chi connectivity index (χ3n) is 2.53. The standard InChI is InChI=1S/C12H16BrNO2/c1-14(2)11(8-12(15)16)7-9-3-5-10(13)6-4-9/h3-6,11H,7-8H2,1-2H3,(H,15,16). The van der Waals surface area contributed by atoms with Crippen LogP contribution in [0.4, 0.5) is 0 Å². The van der Waals surface area contributed by atoms with Crippen molar-refractivity contribution in [2.75, 3.05) is 14.1 Å². The Morgan fingerprint density at radius 2 is 1.94 bits per heavy atom. The van der Waals surface area contributed by atoms with Gasteiger partial charge in [-0.3, -0.25) is 4.79 Å². The first-order valence-corrected chi connectivity index (χ1v) is 5.91. The molecule has 0 amide bonds. The smallest absolute Gasteiger partial charge is 0.304 e. The molecule has 4 heteroatoms. The number of likely N-dealkylation sites (N-methyl/N-ethyl adjacent to an activating group) is 1. The molecule has 0 aliphatic carbocycles. The van der Waals surface area contributed by atoms with Crippen LogP contribution in [0.15, 0.2) is 28.7 Å². The van der Waals surface area contributed by atoms with Crippen molar-refractivity contribution >= 4 is 21.9 Å². The molecule has 0 aliphatic heterocycles. The predicted molar refractivity (Wildman–Crippen MR) is 67.6 cm³/mol. The molecular weight excluding hydrogens is 270 g/mol. The Bertz CT molecular complexity index is 349. The van der Waals surface area contributed by atoms with Gasteiger partial charge < -0.3 is 10.0 Å². The van der Waals surface area contributed by atoms with Gasteiger partial charge in [-0.1, -0.05) is 28.1 Å². The van der Waals surface area contributed by atoms with Gasteiger partial charge in [0.05, 0.1) is 6.42 Å². The van der Waals surface area contributed by atoms with Crippen molar-refractivity contribution in [3.05, 3.63) is 34.3 Å². The third kappa shape index (κ3) is 4.33. The molecule has 0 spiro atoms. The van der Waals surface area contributed by atoms with Crippen LogP contribution < -0.4 is 0 Å². The number of halogens is 1. The van der Waals surface area contributed by atoms with Crippen LogP contribution in [-0.2, 0) is 11.2 Å². The number of benzene rings is 1. The average Bonchev–Trinajstić information content (AvgIpc) is 2.19. The lowest BCUT2D eigenvalue weighted by Crippen LogP contribution is -2.32. The van der Waals surface area contributed by atoms with Gasteiger partial charge in [-0.2, -0.15) is 0 Å². The van der Waals surface area contributed by atoms with Gasteiger partial charge in [-0.15, -0.1) is 0 Å². The van der Waals surface area contributed by atoms with E-state index in [1.807, 2.05) is 43.3 Å². The highest BCUT2D eigenvalue weighted by Gasteiger charge is 2.15. The average molecular weight is 286 g/mol. The molecule has 0 saturated heterocycles. The number of hydrogen-bond acceptors (Lipinski definition) is 2. The quantitative estimate of drug-likeness (QED) is 0.903. The topological polar surface area (TPSA) is 40.5 Å². The van der Waals surface area contributed by atoms with Crippen molar-refractivity contribution in [1.82, 2.24) is 4.90 Å². The second kappa shape index (κ2) is 6.01. The molecule has 88 valence electrons. The zero-order valence-electron chi connectivity index (χ0n) is 9.48. The molecule has 1 atom stereocenters. The van der Waals surface area contributed by atoms with Crippen LogP contribution in [0.25, 0.3) is 0 Å². The SMILES string of the molecule is CN(C)C(CC(=O)O)Cc1ccc(Br)cc1. The summed E-state index contributed by atoms with van der Waals surface area (Å²) < 4.78 is 1.04. The zero-order chi connectivity index (χ0) is 12.1. The van der Waals surface area contributed by atoms with Crippen LogP contribution >= 0.6 is 15.9 Å². The van der Waals surface area contributed by atoms with Gasteiger partial charge in [-0.25, -0.2) is 0 Å². The highest BCUT2D eigenvalue weighted by Crippen LogP contribution is 2.14. The van der Waals surface area contributed by atoms with E-state index >= 15 is 0 Å². The number of rotatable bonds is 5. The summed E-state index contributed by atoms with van der Waals surface area (Å²) in [5.74, 6) is -0.754. The van der Waals surface area contributed by atoms with E-state index in [0.717, 1.165) is 16.5 Å². The summed E-state index contributed by atoms with van der Waals surface area (Å²) in [5, 5.41) is 8.82. The molecule has 0 heterocycles. The Kier molecular flexibility index (Phi) is 4.96. The summed E-state index contributed by atoms with van der Waals surface area (Å²) >= 11 is 3.38. The van der Waals surface area contributed by atoms with Gasteiger partial charge >= 0.3 is 5.97 Å². The number of carboxylic acids is 1. The molecule has 0 aliphatic rings. The molecule has 1 rings (SSSR count). The predicted octanol–water partition coefficient (Wildman–Crippen LogP) is 2.40. The van der Waals surface area contributed by atoms with Crippen molar-refractivity contribution < 1.29 is 9.90 Å². The first-order valence-electron chi connectivity index (χ1n) is 5.11. The molecule has 1 unspecified atom stereocenters. The molecule has 0 aromatic heterocycles. The highest BCUT2D eigenvalue weighted by atomic mass is 79.9. The van der Waals surface area contributed by atoms with E-state index in [9.17, 15) is 4.79 Å². The fourth-order valence-electron chi connectivity index (χ4n) is 1.53. The lowest BCUT2D eigenvalue weighted by molar-refractivity contribution is -0.138. The van der Waals surface area contributed by atoms with Gasteiger partial charge in [0.2, 0.25) is 0 Å². The van der Waals surface area contributed by atoms with E-state index < -0.39 is 5.97 Å². The summed E-state index contributed by atoms with van der Waals surface area (Å²) in [5.41, 5.74) is 1.16. The van der Waals surface area contributed by atoms with Crippen molar-refractivity contribution in [2.45, 2.75) is 18.9 Å². The summed E-state index contributed by atoms with van der Waals surface area (Å²) in [4.78, 5) is 12.7. The van der Waals surface area contributed by atoms with E-state index in [1.165, 1.54) is 0 Å². The monoisotopic (exact) mass is 285 g/mol. The fraction of sp³-hybridized carbons (Fsp3) is 0.417. The van der Waals surface area contributed by atoms with Crippen LogP contribution in [-0.4, -0.2) is 36.1 Å². The maximum atomic E-state index is 10.7. The van der Waals surface area contributed by atoms with E-state index in [-0.39, 0.29) is 12.5 Å². The molecule has 0 fully saturated rings. The summed E-state index contributed by atoms with van der Waals surface area (Å²) in [6, 6.07) is 8.02. The third-order valence-corrected chi connectivity index (χ3v) is 3.05. The Balaban J connectivity index is 2.67. The van der Waals surface area contributed by atoms with Crippen LogP contribution in [0.1, 0.15) is 12.0 Å². The van der Waals surface area contributed by atoms with Crippen LogP contribution in [0.5, 0.6) is 0 Å². The number of nitrogens with zero attached hydrogens (tertiary/aromatic N) is 1. The molecule has 3 nitrogen and oxygen atoms in total. The van der Waals surface area contributed by atoms with Gasteiger partial charge in [-0.05, 0) is 38.2 Å². The van der Waals surface area contributed by atoms with E-state index in [2.05, 4.69) is 15.9 Å². The van der Waals surface area contributed by atoms with E-state index in [0.29, 0.717) is 0 Å². The van der Waals surface area contributed by atoms with Crippen LogP contribution in [0.3, 0.4) is 0 Å². The molecule has 0 bridgehead atoms. The minimum Gasteiger partial charge on any atom is -0.481 e. The Labute approximate surface area is 104 Å². The zero-order valence-corrected chi connectivity index (χ0v) is 11.1. The maximum Gasteiger partial charge on any atom is 0.304 e.